The van der Waals surface area contributed by atoms with E-state index in [2.05, 4.69) is 25.9 Å². The number of methoxy groups -OCH3 is 1. The number of benzene rings is 1. The van der Waals surface area contributed by atoms with Gasteiger partial charge in [0, 0.05) is 35.3 Å². The third-order valence-electron chi connectivity index (χ3n) is 3.76. The summed E-state index contributed by atoms with van der Waals surface area (Å²) < 4.78 is 6.02. The summed E-state index contributed by atoms with van der Waals surface area (Å²) in [5.41, 5.74) is 11.4. The molecule has 0 spiro atoms. The highest BCUT2D eigenvalue weighted by Gasteiger charge is 2.10. The van der Waals surface area contributed by atoms with E-state index in [1.54, 1.807) is 13.3 Å². The van der Waals surface area contributed by atoms with Crippen molar-refractivity contribution in [2.24, 2.45) is 5.73 Å². The number of aromatic nitrogens is 2. The lowest BCUT2D eigenvalue weighted by Gasteiger charge is -2.10. The molecule has 3 N–H and O–H groups in total. The Bertz CT molecular complexity index is 969. The van der Waals surface area contributed by atoms with Crippen LogP contribution in [0.25, 0.3) is 22.3 Å². The maximum absolute atomic E-state index is 7.81. The molecule has 0 aliphatic heterocycles. The molecule has 126 valence electrons. The van der Waals surface area contributed by atoms with E-state index in [1.807, 2.05) is 42.5 Å². The number of hydrogen-bond donors (Lipinski definition) is 2. The van der Waals surface area contributed by atoms with Gasteiger partial charge in [-0.05, 0) is 51.3 Å². The number of hydrogen-bond acceptors (Lipinski definition) is 5. The second-order valence-electron chi connectivity index (χ2n) is 5.49. The summed E-state index contributed by atoms with van der Waals surface area (Å²) in [6.07, 6.45) is 2.96. The predicted molar refractivity (Wildman–Crippen MR) is 104 cm³/mol. The molecule has 0 aliphatic carbocycles. The number of rotatable bonds is 5. The van der Waals surface area contributed by atoms with Crippen LogP contribution in [0.4, 0.5) is 0 Å². The zero-order chi connectivity index (χ0) is 17.8. The first kappa shape index (κ1) is 17.3. The lowest BCUT2D eigenvalue weighted by molar-refractivity contribution is 0.185. The second-order valence-corrected chi connectivity index (χ2v) is 6.41. The van der Waals surface area contributed by atoms with Crippen LogP contribution in [0.15, 0.2) is 53.1 Å². The number of nitrogens with one attached hydrogen (secondary N) is 1. The average Bonchev–Trinajstić information content (AvgIpc) is 2.62. The Labute approximate surface area is 154 Å². The lowest BCUT2D eigenvalue weighted by atomic mass is 10.0. The standard InChI is InChI=1S/C19H17BrN4O/c1-25-11-12-3-2-4-13(7-12)19(22)15(9-21)16-5-6-17-18(24-16)8-14(20)10-23-17/h2-10,21H,11,22H2,1H3. The Hall–Kier alpha value is -2.57. The number of fused-ring (bicyclic) bond motifs is 1. The molecule has 0 bridgehead atoms. The number of nitrogens with zero attached hydrogens (tertiary/aromatic N) is 2. The van der Waals surface area contributed by atoms with Gasteiger partial charge in [-0.1, -0.05) is 18.2 Å². The highest BCUT2D eigenvalue weighted by Crippen LogP contribution is 2.23. The molecule has 0 atom stereocenters. The maximum atomic E-state index is 7.81. The molecule has 6 heteroatoms. The van der Waals surface area contributed by atoms with Gasteiger partial charge in [0.05, 0.1) is 23.3 Å². The van der Waals surface area contributed by atoms with E-state index in [1.165, 1.54) is 6.21 Å². The van der Waals surface area contributed by atoms with Crippen LogP contribution >= 0.6 is 15.9 Å². The molecular formula is C19H17BrN4O. The van der Waals surface area contributed by atoms with Gasteiger partial charge in [-0.25, -0.2) is 4.98 Å². The van der Waals surface area contributed by atoms with Gasteiger partial charge in [-0.15, -0.1) is 0 Å². The molecule has 0 amide bonds. The first-order valence-electron chi connectivity index (χ1n) is 7.63. The summed E-state index contributed by atoms with van der Waals surface area (Å²) in [6.45, 7) is 0.509. The van der Waals surface area contributed by atoms with Crippen molar-refractivity contribution in [3.63, 3.8) is 0 Å². The molecule has 0 saturated carbocycles. The van der Waals surface area contributed by atoms with Crippen molar-refractivity contribution in [1.29, 1.82) is 5.41 Å². The summed E-state index contributed by atoms with van der Waals surface area (Å²) in [6, 6.07) is 13.4. The van der Waals surface area contributed by atoms with E-state index in [0.29, 0.717) is 23.6 Å². The van der Waals surface area contributed by atoms with Gasteiger partial charge in [-0.2, -0.15) is 0 Å². The van der Waals surface area contributed by atoms with Crippen LogP contribution in [0.5, 0.6) is 0 Å². The van der Waals surface area contributed by atoms with Crippen LogP contribution in [0.1, 0.15) is 16.8 Å². The number of allylic oxidation sites excluding steroid dienone is 1. The van der Waals surface area contributed by atoms with E-state index in [9.17, 15) is 0 Å². The highest BCUT2D eigenvalue weighted by atomic mass is 79.9. The van der Waals surface area contributed by atoms with Crippen LogP contribution in [-0.2, 0) is 11.3 Å². The topological polar surface area (TPSA) is 84.9 Å². The van der Waals surface area contributed by atoms with Crippen LogP contribution in [-0.4, -0.2) is 23.3 Å². The first-order valence-corrected chi connectivity index (χ1v) is 8.43. The van der Waals surface area contributed by atoms with E-state index >= 15 is 0 Å². The van der Waals surface area contributed by atoms with Crippen molar-refractivity contribution in [2.45, 2.75) is 6.61 Å². The second kappa shape index (κ2) is 7.55. The third kappa shape index (κ3) is 3.75. The summed E-state index contributed by atoms with van der Waals surface area (Å²) in [5, 5.41) is 7.81. The summed E-state index contributed by atoms with van der Waals surface area (Å²) in [7, 11) is 1.65. The Kier molecular flexibility index (Phi) is 5.21. The van der Waals surface area contributed by atoms with Gasteiger partial charge in [0.15, 0.2) is 0 Å². The molecule has 2 aromatic heterocycles. The Balaban J connectivity index is 2.10. The van der Waals surface area contributed by atoms with Gasteiger partial charge in [-0.3, -0.25) is 4.98 Å². The quantitative estimate of drug-likeness (QED) is 0.637. The van der Waals surface area contributed by atoms with Gasteiger partial charge in [0.2, 0.25) is 0 Å². The molecule has 3 aromatic rings. The van der Waals surface area contributed by atoms with E-state index in [4.69, 9.17) is 15.9 Å². The maximum Gasteiger partial charge on any atom is 0.0905 e. The van der Waals surface area contributed by atoms with Crippen molar-refractivity contribution in [3.05, 3.63) is 70.0 Å². The molecule has 5 nitrogen and oxygen atoms in total. The minimum atomic E-state index is 0.503. The minimum Gasteiger partial charge on any atom is -0.398 e. The fraction of sp³-hybridized carbons (Fsp3) is 0.105. The average molecular weight is 397 g/mol. The Morgan fingerprint density at radius 2 is 2.08 bits per heavy atom. The fourth-order valence-electron chi connectivity index (χ4n) is 2.57. The summed E-state index contributed by atoms with van der Waals surface area (Å²) in [5.74, 6) is 0. The zero-order valence-electron chi connectivity index (χ0n) is 13.7. The highest BCUT2D eigenvalue weighted by molar-refractivity contribution is 9.10. The largest absolute Gasteiger partial charge is 0.398 e. The van der Waals surface area contributed by atoms with E-state index in [-0.39, 0.29) is 0 Å². The van der Waals surface area contributed by atoms with Crippen molar-refractivity contribution >= 4 is 44.4 Å². The van der Waals surface area contributed by atoms with Crippen LogP contribution < -0.4 is 5.73 Å². The number of ether oxygens (including phenoxy) is 1. The molecule has 0 aliphatic rings. The molecule has 25 heavy (non-hydrogen) atoms. The Morgan fingerprint density at radius 3 is 2.84 bits per heavy atom. The van der Waals surface area contributed by atoms with Crippen LogP contribution in [0, 0.1) is 5.41 Å². The molecule has 0 saturated heterocycles. The molecule has 0 fully saturated rings. The summed E-state index contributed by atoms with van der Waals surface area (Å²) in [4.78, 5) is 8.92. The smallest absolute Gasteiger partial charge is 0.0905 e. The predicted octanol–water partition coefficient (Wildman–Crippen LogP) is 4.02. The van der Waals surface area contributed by atoms with Crippen molar-refractivity contribution in [1.82, 2.24) is 9.97 Å². The monoisotopic (exact) mass is 396 g/mol. The number of nitrogens with two attached hydrogens (primary N) is 1. The van der Waals surface area contributed by atoms with Crippen molar-refractivity contribution in [2.75, 3.05) is 7.11 Å². The Morgan fingerprint density at radius 1 is 1.24 bits per heavy atom. The van der Waals surface area contributed by atoms with Crippen molar-refractivity contribution < 1.29 is 4.74 Å². The van der Waals surface area contributed by atoms with Crippen molar-refractivity contribution in [3.8, 4) is 0 Å². The normalized spacial score (nSPS) is 12.1. The third-order valence-corrected chi connectivity index (χ3v) is 4.20. The SMILES string of the molecule is COCc1cccc(C(N)=C(C=N)c2ccc3ncc(Br)cc3n2)c1. The van der Waals surface area contributed by atoms with Gasteiger partial charge < -0.3 is 15.9 Å². The number of halogens is 1. The minimum absolute atomic E-state index is 0.503. The van der Waals surface area contributed by atoms with E-state index in [0.717, 1.165) is 26.6 Å². The first-order chi connectivity index (χ1) is 12.1. The van der Waals surface area contributed by atoms with Gasteiger partial charge in [0.25, 0.3) is 0 Å². The van der Waals surface area contributed by atoms with Gasteiger partial charge in [0.1, 0.15) is 0 Å². The van der Waals surface area contributed by atoms with Gasteiger partial charge >= 0.3 is 0 Å². The molecule has 0 radical (unpaired) electrons. The molecular weight excluding hydrogens is 380 g/mol. The van der Waals surface area contributed by atoms with Crippen LogP contribution in [0.2, 0.25) is 0 Å². The number of pyridine rings is 2. The molecule has 0 unspecified atom stereocenters. The van der Waals surface area contributed by atoms with E-state index < -0.39 is 0 Å². The summed E-state index contributed by atoms with van der Waals surface area (Å²) >= 11 is 3.40. The lowest BCUT2D eigenvalue weighted by Crippen LogP contribution is -2.04. The zero-order valence-corrected chi connectivity index (χ0v) is 15.2. The molecule has 1 aromatic carbocycles. The fourth-order valence-corrected chi connectivity index (χ4v) is 2.89. The van der Waals surface area contributed by atoms with Crippen LogP contribution in [0.3, 0.4) is 0 Å². The molecule has 3 rings (SSSR count). The molecule has 2 heterocycles.